The van der Waals surface area contributed by atoms with Crippen LogP contribution in [-0.4, -0.2) is 39.2 Å². The van der Waals surface area contributed by atoms with Crippen molar-refractivity contribution in [3.63, 3.8) is 0 Å². The van der Waals surface area contributed by atoms with Crippen LogP contribution in [0.5, 0.6) is 0 Å². The minimum atomic E-state index is -1.53. The maximum Gasteiger partial charge on any atom is 0.245 e. The van der Waals surface area contributed by atoms with Gasteiger partial charge in [-0.25, -0.2) is 12.9 Å². The van der Waals surface area contributed by atoms with E-state index in [1.54, 1.807) is 26.1 Å². The quantitative estimate of drug-likeness (QED) is 0.602. The van der Waals surface area contributed by atoms with Crippen LogP contribution in [0.3, 0.4) is 0 Å². The summed E-state index contributed by atoms with van der Waals surface area (Å²) < 4.78 is 30.8. The molecule has 0 bridgehead atoms. The first-order chi connectivity index (χ1) is 14.3. The fourth-order valence-corrected chi connectivity index (χ4v) is 6.48. The molecule has 1 aromatic heterocycles. The third-order valence-electron chi connectivity index (χ3n) is 5.25. The molecular formula is C21H20ClFN2O3S2. The van der Waals surface area contributed by atoms with E-state index in [0.29, 0.717) is 27.8 Å². The Morgan fingerprint density at radius 1 is 1.30 bits per heavy atom. The van der Waals surface area contributed by atoms with E-state index < -0.39 is 28.9 Å². The summed E-state index contributed by atoms with van der Waals surface area (Å²) in [5, 5.41) is 11.2. The summed E-state index contributed by atoms with van der Waals surface area (Å²) in [6.45, 7) is 1.88. The van der Waals surface area contributed by atoms with Crippen molar-refractivity contribution in [1.82, 2.24) is 4.31 Å². The number of nitrogens with zero attached hydrogens (tertiary/aromatic N) is 2. The van der Waals surface area contributed by atoms with Crippen molar-refractivity contribution in [2.24, 2.45) is 0 Å². The predicted molar refractivity (Wildman–Crippen MR) is 119 cm³/mol. The monoisotopic (exact) mass is 466 g/mol. The number of benzene rings is 2. The standard InChI is InChI=1S/C21H20ClFN2O3S2/c1-12(26)13-4-6-17(16(23)9-13)25-8-7-18(21(25)27)24(2)30(28)20-10-14-3-5-15(22)11-19(14)29-20/h3-6,9-12,18,26H,7-8H2,1-2H3. The largest absolute Gasteiger partial charge is 0.389 e. The van der Waals surface area contributed by atoms with E-state index in [4.69, 9.17) is 11.6 Å². The highest BCUT2D eigenvalue weighted by Gasteiger charge is 2.38. The van der Waals surface area contributed by atoms with Crippen LogP contribution in [0.1, 0.15) is 25.0 Å². The number of carbonyl (C=O) groups is 1. The normalized spacial score (nSPS) is 19.1. The van der Waals surface area contributed by atoms with Gasteiger partial charge in [-0.1, -0.05) is 23.7 Å². The molecule has 0 radical (unpaired) electrons. The van der Waals surface area contributed by atoms with E-state index >= 15 is 0 Å². The Hall–Kier alpha value is -1.84. The number of carbonyl (C=O) groups excluding carboxylic acids is 1. The molecule has 1 aliphatic heterocycles. The molecule has 3 aromatic rings. The Balaban J connectivity index is 1.54. The number of hydrogen-bond donors (Lipinski definition) is 1. The summed E-state index contributed by atoms with van der Waals surface area (Å²) in [4.78, 5) is 14.4. The third-order valence-corrected chi connectivity index (χ3v) is 8.30. The zero-order chi connectivity index (χ0) is 21.6. The van der Waals surface area contributed by atoms with Crippen LogP contribution in [0.2, 0.25) is 5.02 Å². The first-order valence-electron chi connectivity index (χ1n) is 9.39. The molecule has 5 nitrogen and oxygen atoms in total. The van der Waals surface area contributed by atoms with Gasteiger partial charge in [0.25, 0.3) is 0 Å². The first kappa shape index (κ1) is 21.4. The lowest BCUT2D eigenvalue weighted by Gasteiger charge is -2.22. The maximum absolute atomic E-state index is 14.6. The summed E-state index contributed by atoms with van der Waals surface area (Å²) in [5.74, 6) is -0.855. The van der Waals surface area contributed by atoms with Crippen molar-refractivity contribution in [1.29, 1.82) is 0 Å². The SMILES string of the molecule is CC(O)c1ccc(N2CCC(N(C)S(=O)c3cc4ccc(Cl)cc4s3)C2=O)c(F)c1. The van der Waals surface area contributed by atoms with Crippen molar-refractivity contribution in [2.75, 3.05) is 18.5 Å². The lowest BCUT2D eigenvalue weighted by molar-refractivity contribution is -0.120. The van der Waals surface area contributed by atoms with Gasteiger partial charge in [-0.05, 0) is 54.6 Å². The maximum atomic E-state index is 14.6. The van der Waals surface area contributed by atoms with Crippen LogP contribution < -0.4 is 4.90 Å². The Kier molecular flexibility index (Phi) is 5.96. The van der Waals surface area contributed by atoms with Crippen LogP contribution >= 0.6 is 22.9 Å². The van der Waals surface area contributed by atoms with Crippen molar-refractivity contribution >= 4 is 55.6 Å². The van der Waals surface area contributed by atoms with Gasteiger partial charge in [0.1, 0.15) is 27.1 Å². The molecule has 1 fully saturated rings. The third kappa shape index (κ3) is 3.90. The molecule has 30 heavy (non-hydrogen) atoms. The van der Waals surface area contributed by atoms with Crippen LogP contribution in [0.15, 0.2) is 46.7 Å². The smallest absolute Gasteiger partial charge is 0.245 e. The second kappa shape index (κ2) is 8.36. The summed E-state index contributed by atoms with van der Waals surface area (Å²) in [6.07, 6.45) is -0.351. The molecule has 3 unspecified atom stereocenters. The van der Waals surface area contributed by atoms with E-state index in [2.05, 4.69) is 0 Å². The first-order valence-corrected chi connectivity index (χ1v) is 11.7. The topological polar surface area (TPSA) is 60.9 Å². The zero-order valence-corrected chi connectivity index (χ0v) is 18.7. The zero-order valence-electron chi connectivity index (χ0n) is 16.3. The summed E-state index contributed by atoms with van der Waals surface area (Å²) in [7, 11) is 0.115. The van der Waals surface area contributed by atoms with E-state index in [1.165, 1.54) is 32.7 Å². The van der Waals surface area contributed by atoms with Crippen LogP contribution in [0.25, 0.3) is 10.1 Å². The van der Waals surface area contributed by atoms with Gasteiger partial charge in [0, 0.05) is 23.3 Å². The highest BCUT2D eigenvalue weighted by atomic mass is 35.5. The molecule has 4 rings (SSSR count). The molecule has 0 aliphatic carbocycles. The van der Waals surface area contributed by atoms with Gasteiger partial charge >= 0.3 is 0 Å². The van der Waals surface area contributed by atoms with Crippen molar-refractivity contribution < 1.29 is 18.5 Å². The van der Waals surface area contributed by atoms with Crippen molar-refractivity contribution in [3.8, 4) is 0 Å². The molecule has 1 saturated heterocycles. The number of aliphatic hydroxyl groups excluding tert-OH is 1. The number of amides is 1. The van der Waals surface area contributed by atoms with Gasteiger partial charge in [-0.15, -0.1) is 11.3 Å². The fourth-order valence-electron chi connectivity index (χ4n) is 3.57. The number of aliphatic hydroxyl groups is 1. The van der Waals surface area contributed by atoms with Crippen molar-refractivity contribution in [2.45, 2.75) is 29.7 Å². The lowest BCUT2D eigenvalue weighted by atomic mass is 10.1. The highest BCUT2D eigenvalue weighted by molar-refractivity contribution is 7.85. The van der Waals surface area contributed by atoms with Gasteiger partial charge < -0.3 is 10.0 Å². The molecule has 1 aliphatic rings. The number of fused-ring (bicyclic) bond motifs is 1. The molecule has 9 heteroatoms. The molecule has 1 N–H and O–H groups in total. The molecule has 2 aromatic carbocycles. The second-order valence-electron chi connectivity index (χ2n) is 7.22. The average molecular weight is 467 g/mol. The molecule has 0 saturated carbocycles. The van der Waals surface area contributed by atoms with Gasteiger partial charge in [0.2, 0.25) is 5.91 Å². The molecule has 158 valence electrons. The van der Waals surface area contributed by atoms with Gasteiger partial charge in [-0.2, -0.15) is 0 Å². The fraction of sp³-hybridized carbons (Fsp3) is 0.286. The van der Waals surface area contributed by atoms with E-state index in [9.17, 15) is 18.5 Å². The average Bonchev–Trinajstić information content (AvgIpc) is 3.30. The number of hydrogen-bond acceptors (Lipinski definition) is 4. The van der Waals surface area contributed by atoms with E-state index in [-0.39, 0.29) is 11.6 Å². The molecule has 1 amide bonds. The van der Waals surface area contributed by atoms with Gasteiger partial charge in [-0.3, -0.25) is 4.79 Å². The Labute approximate surface area is 185 Å². The van der Waals surface area contributed by atoms with Crippen molar-refractivity contribution in [3.05, 3.63) is 58.9 Å². The van der Waals surface area contributed by atoms with E-state index in [0.717, 1.165) is 10.1 Å². The number of thiophene rings is 1. The minimum absolute atomic E-state index is 0.169. The minimum Gasteiger partial charge on any atom is -0.389 e. The highest BCUT2D eigenvalue weighted by Crippen LogP contribution is 2.33. The molecule has 0 spiro atoms. The Morgan fingerprint density at radius 3 is 2.77 bits per heavy atom. The number of likely N-dealkylation sites (N-methyl/N-ethyl adjacent to an activating group) is 1. The number of halogens is 2. The Bertz CT molecular complexity index is 1150. The van der Waals surface area contributed by atoms with Crippen LogP contribution in [-0.2, 0) is 15.8 Å². The molecule has 3 atom stereocenters. The summed E-state index contributed by atoms with van der Waals surface area (Å²) in [5.41, 5.74) is 0.616. The van der Waals surface area contributed by atoms with Gasteiger partial charge in [0.05, 0.1) is 11.8 Å². The molecule has 2 heterocycles. The Morgan fingerprint density at radius 2 is 2.07 bits per heavy atom. The summed E-state index contributed by atoms with van der Waals surface area (Å²) in [6, 6.07) is 11.1. The van der Waals surface area contributed by atoms with E-state index in [1.807, 2.05) is 18.2 Å². The number of anilines is 1. The van der Waals surface area contributed by atoms with Crippen LogP contribution in [0.4, 0.5) is 10.1 Å². The summed E-state index contributed by atoms with van der Waals surface area (Å²) >= 11 is 7.41. The molecular weight excluding hydrogens is 447 g/mol. The number of rotatable bonds is 5. The van der Waals surface area contributed by atoms with Crippen LogP contribution in [0, 0.1) is 5.82 Å². The predicted octanol–water partition coefficient (Wildman–Crippen LogP) is 4.51. The second-order valence-corrected chi connectivity index (χ2v) is 10.5. The lowest BCUT2D eigenvalue weighted by Crippen LogP contribution is -2.40. The van der Waals surface area contributed by atoms with Gasteiger partial charge in [0.15, 0.2) is 0 Å².